The molecule has 0 spiro atoms. The summed E-state index contributed by atoms with van der Waals surface area (Å²) in [6.07, 6.45) is 2.36. The molecule has 0 bridgehead atoms. The third-order valence-corrected chi connectivity index (χ3v) is 3.33. The molecule has 2 rings (SSSR count). The van der Waals surface area contributed by atoms with Gasteiger partial charge in [-0.15, -0.1) is 0 Å². The normalized spacial score (nSPS) is 20.9. The summed E-state index contributed by atoms with van der Waals surface area (Å²) in [6, 6.07) is 8.71. The Labute approximate surface area is 92.1 Å². The Bertz CT molecular complexity index is 322. The Morgan fingerprint density at radius 3 is 2.87 bits per heavy atom. The van der Waals surface area contributed by atoms with Crippen molar-refractivity contribution < 1.29 is 0 Å². The average molecular weight is 204 g/mol. The van der Waals surface area contributed by atoms with Gasteiger partial charge in [0.2, 0.25) is 0 Å². The number of anilines is 1. The Morgan fingerprint density at radius 1 is 1.40 bits per heavy atom. The number of benzene rings is 1. The molecule has 0 aliphatic carbocycles. The molecule has 1 atom stereocenters. The van der Waals surface area contributed by atoms with Crippen LogP contribution in [0, 0.1) is 5.92 Å². The molecule has 2 heteroatoms. The Kier molecular flexibility index (Phi) is 3.27. The smallest absolute Gasteiger partial charge is 0.0398 e. The fourth-order valence-corrected chi connectivity index (χ4v) is 2.36. The van der Waals surface area contributed by atoms with Crippen molar-refractivity contribution in [3.05, 3.63) is 29.8 Å². The van der Waals surface area contributed by atoms with Crippen molar-refractivity contribution in [2.24, 2.45) is 11.7 Å². The van der Waals surface area contributed by atoms with Crippen LogP contribution < -0.4 is 10.6 Å². The first-order chi connectivity index (χ1) is 7.35. The van der Waals surface area contributed by atoms with Gasteiger partial charge in [-0.05, 0) is 36.9 Å². The van der Waals surface area contributed by atoms with Gasteiger partial charge in [0.05, 0.1) is 0 Å². The van der Waals surface area contributed by atoms with Crippen molar-refractivity contribution in [3.8, 4) is 0 Å². The first kappa shape index (κ1) is 10.5. The molecule has 82 valence electrons. The van der Waals surface area contributed by atoms with Gasteiger partial charge in [0, 0.05) is 18.8 Å². The van der Waals surface area contributed by atoms with Crippen molar-refractivity contribution in [2.45, 2.75) is 19.8 Å². The molecular weight excluding hydrogens is 184 g/mol. The molecule has 1 saturated heterocycles. The van der Waals surface area contributed by atoms with Crippen molar-refractivity contribution in [1.29, 1.82) is 0 Å². The molecule has 1 aliphatic heterocycles. The molecule has 0 amide bonds. The van der Waals surface area contributed by atoms with Crippen LogP contribution in [-0.4, -0.2) is 19.6 Å². The van der Waals surface area contributed by atoms with Crippen LogP contribution in [0.1, 0.15) is 18.9 Å². The zero-order valence-electron chi connectivity index (χ0n) is 9.45. The molecule has 1 aliphatic rings. The van der Waals surface area contributed by atoms with Gasteiger partial charge in [-0.25, -0.2) is 0 Å². The Hall–Kier alpha value is -1.02. The molecule has 1 aromatic carbocycles. The molecule has 2 nitrogen and oxygen atoms in total. The number of nitrogens with zero attached hydrogens (tertiary/aromatic N) is 1. The summed E-state index contributed by atoms with van der Waals surface area (Å²) in [7, 11) is 0. The summed E-state index contributed by atoms with van der Waals surface area (Å²) >= 11 is 0. The van der Waals surface area contributed by atoms with E-state index in [2.05, 4.69) is 36.1 Å². The predicted molar refractivity (Wildman–Crippen MR) is 65.2 cm³/mol. The van der Waals surface area contributed by atoms with Gasteiger partial charge in [-0.2, -0.15) is 0 Å². The maximum Gasteiger partial charge on any atom is 0.0398 e. The van der Waals surface area contributed by atoms with Crippen LogP contribution in [0.15, 0.2) is 24.3 Å². The largest absolute Gasteiger partial charge is 0.371 e. The van der Waals surface area contributed by atoms with Gasteiger partial charge in [0.1, 0.15) is 0 Å². The summed E-state index contributed by atoms with van der Waals surface area (Å²) < 4.78 is 0. The molecule has 15 heavy (non-hydrogen) atoms. The fraction of sp³-hybridized carbons (Fsp3) is 0.538. The highest BCUT2D eigenvalue weighted by atomic mass is 15.2. The number of rotatable bonds is 3. The summed E-state index contributed by atoms with van der Waals surface area (Å²) in [4.78, 5) is 2.48. The highest BCUT2D eigenvalue weighted by Gasteiger charge is 2.22. The third kappa shape index (κ3) is 2.15. The third-order valence-electron chi connectivity index (χ3n) is 3.33. The molecule has 0 radical (unpaired) electrons. The monoisotopic (exact) mass is 204 g/mol. The average Bonchev–Trinajstić information content (AvgIpc) is 2.77. The molecule has 1 fully saturated rings. The summed E-state index contributed by atoms with van der Waals surface area (Å²) in [5, 5.41) is 0. The van der Waals surface area contributed by atoms with Crippen LogP contribution in [0.2, 0.25) is 0 Å². The predicted octanol–water partition coefficient (Wildman–Crippen LogP) is 2.03. The first-order valence-corrected chi connectivity index (χ1v) is 5.88. The molecule has 2 N–H and O–H groups in total. The van der Waals surface area contributed by atoms with E-state index in [4.69, 9.17) is 5.73 Å². The molecule has 0 aromatic heterocycles. The minimum absolute atomic E-state index is 0.690. The molecule has 0 saturated carbocycles. The van der Waals surface area contributed by atoms with E-state index < -0.39 is 0 Å². The molecule has 1 unspecified atom stereocenters. The number of para-hydroxylation sites is 1. The van der Waals surface area contributed by atoms with E-state index in [9.17, 15) is 0 Å². The lowest BCUT2D eigenvalue weighted by Gasteiger charge is -2.21. The van der Waals surface area contributed by atoms with Crippen LogP contribution >= 0.6 is 0 Å². The van der Waals surface area contributed by atoms with Gasteiger partial charge in [-0.3, -0.25) is 0 Å². The van der Waals surface area contributed by atoms with Gasteiger partial charge in [-0.1, -0.05) is 25.1 Å². The van der Waals surface area contributed by atoms with E-state index in [-0.39, 0.29) is 0 Å². The van der Waals surface area contributed by atoms with Crippen LogP contribution in [0.3, 0.4) is 0 Å². The zero-order valence-corrected chi connectivity index (χ0v) is 9.45. The van der Waals surface area contributed by atoms with E-state index >= 15 is 0 Å². The molecular formula is C13H20N2. The van der Waals surface area contributed by atoms with Crippen LogP contribution in [0.25, 0.3) is 0 Å². The first-order valence-electron chi connectivity index (χ1n) is 5.88. The SMILES string of the molecule is CCc1ccccc1N1CCC(CN)C1. The zero-order chi connectivity index (χ0) is 10.7. The lowest BCUT2D eigenvalue weighted by atomic mass is 10.1. The fourth-order valence-electron chi connectivity index (χ4n) is 2.36. The highest BCUT2D eigenvalue weighted by molar-refractivity contribution is 5.54. The summed E-state index contributed by atoms with van der Waals surface area (Å²) in [5.74, 6) is 0.690. The van der Waals surface area contributed by atoms with E-state index in [1.165, 1.54) is 24.2 Å². The van der Waals surface area contributed by atoms with Crippen LogP contribution in [-0.2, 0) is 6.42 Å². The van der Waals surface area contributed by atoms with E-state index in [0.717, 1.165) is 19.5 Å². The second-order valence-corrected chi connectivity index (χ2v) is 4.32. The molecule has 1 aromatic rings. The van der Waals surface area contributed by atoms with Gasteiger partial charge in [0.15, 0.2) is 0 Å². The van der Waals surface area contributed by atoms with Crippen molar-refractivity contribution in [1.82, 2.24) is 0 Å². The van der Waals surface area contributed by atoms with Gasteiger partial charge in [0.25, 0.3) is 0 Å². The highest BCUT2D eigenvalue weighted by Crippen LogP contribution is 2.26. The Morgan fingerprint density at radius 2 is 2.20 bits per heavy atom. The molecule has 1 heterocycles. The summed E-state index contributed by atoms with van der Waals surface area (Å²) in [5.41, 5.74) is 8.58. The summed E-state index contributed by atoms with van der Waals surface area (Å²) in [6.45, 7) is 5.34. The van der Waals surface area contributed by atoms with E-state index in [0.29, 0.717) is 5.92 Å². The topological polar surface area (TPSA) is 29.3 Å². The lowest BCUT2D eigenvalue weighted by molar-refractivity contribution is 0.602. The number of aryl methyl sites for hydroxylation is 1. The minimum atomic E-state index is 0.690. The Balaban J connectivity index is 2.16. The van der Waals surface area contributed by atoms with Gasteiger partial charge >= 0.3 is 0 Å². The maximum absolute atomic E-state index is 5.72. The second-order valence-electron chi connectivity index (χ2n) is 4.32. The van der Waals surface area contributed by atoms with E-state index in [1.807, 2.05) is 0 Å². The van der Waals surface area contributed by atoms with E-state index in [1.54, 1.807) is 0 Å². The lowest BCUT2D eigenvalue weighted by Crippen LogP contribution is -2.23. The second kappa shape index (κ2) is 4.67. The minimum Gasteiger partial charge on any atom is -0.371 e. The maximum atomic E-state index is 5.72. The quantitative estimate of drug-likeness (QED) is 0.816. The van der Waals surface area contributed by atoms with Crippen LogP contribution in [0.4, 0.5) is 5.69 Å². The van der Waals surface area contributed by atoms with Crippen molar-refractivity contribution in [3.63, 3.8) is 0 Å². The van der Waals surface area contributed by atoms with Crippen molar-refractivity contribution >= 4 is 5.69 Å². The van der Waals surface area contributed by atoms with Crippen molar-refractivity contribution in [2.75, 3.05) is 24.5 Å². The van der Waals surface area contributed by atoms with Crippen LogP contribution in [0.5, 0.6) is 0 Å². The number of hydrogen-bond acceptors (Lipinski definition) is 2. The standard InChI is InChI=1S/C13H20N2/c1-2-12-5-3-4-6-13(12)15-8-7-11(9-14)10-15/h3-6,11H,2,7-10,14H2,1H3. The van der Waals surface area contributed by atoms with Gasteiger partial charge < -0.3 is 10.6 Å². The number of nitrogens with two attached hydrogens (primary N) is 1. The number of hydrogen-bond donors (Lipinski definition) is 1.